The van der Waals surface area contributed by atoms with Crippen LogP contribution in [0.2, 0.25) is 0 Å². The van der Waals surface area contributed by atoms with Crippen molar-refractivity contribution in [2.75, 3.05) is 6.61 Å². The monoisotopic (exact) mass is 750 g/mol. The van der Waals surface area contributed by atoms with E-state index < -0.39 is 30.6 Å². The van der Waals surface area contributed by atoms with Gasteiger partial charge in [0.05, 0.1) is 38.6 Å². The lowest BCUT2D eigenvalue weighted by Gasteiger charge is -2.46. The Labute approximate surface area is 326 Å². The molecule has 0 bridgehead atoms. The summed E-state index contributed by atoms with van der Waals surface area (Å²) in [7, 11) is 1.62. The highest BCUT2D eigenvalue weighted by molar-refractivity contribution is 5.97. The Kier molecular flexibility index (Phi) is 11.6. The maximum Gasteiger partial charge on any atom is 0.201 e. The summed E-state index contributed by atoms with van der Waals surface area (Å²) in [5, 5.41) is 22.6. The van der Waals surface area contributed by atoms with Crippen molar-refractivity contribution in [1.29, 1.82) is 0 Å². The zero-order valence-corrected chi connectivity index (χ0v) is 31.3. The lowest BCUT2D eigenvalue weighted by molar-refractivity contribution is -0.289. The van der Waals surface area contributed by atoms with Gasteiger partial charge >= 0.3 is 0 Å². The van der Waals surface area contributed by atoms with E-state index >= 15 is 0 Å². The molecular weight excluding hydrogens is 705 g/mol. The van der Waals surface area contributed by atoms with Gasteiger partial charge in [0.1, 0.15) is 24.4 Å². The lowest BCUT2D eigenvalue weighted by atomic mass is 9.96. The molecule has 8 rings (SSSR count). The van der Waals surface area contributed by atoms with E-state index in [2.05, 4.69) is 4.57 Å². The molecule has 286 valence electrons. The highest BCUT2D eigenvalue weighted by Crippen LogP contribution is 2.43. The van der Waals surface area contributed by atoms with Crippen LogP contribution in [0.25, 0.3) is 22.0 Å². The van der Waals surface area contributed by atoms with Crippen LogP contribution in [-0.2, 0) is 57.2 Å². The molecule has 1 fully saturated rings. The number of rotatable bonds is 15. The largest absolute Gasteiger partial charge is 0.494 e. The molecule has 1 aliphatic heterocycles. The van der Waals surface area contributed by atoms with Crippen molar-refractivity contribution in [3.8, 4) is 22.9 Å². The number of nitrogens with zero attached hydrogens (tertiary/aromatic N) is 2. The molecule has 2 N–H and O–H groups in total. The Balaban J connectivity index is 1.23. The SMILES string of the molecule is Cn1c(O)cc(-c2cn(C3O[C@H](COCc4ccccc4)[C@@H](OCc4ccccc4)[C@H](OCc4ccccc4)[C@H]3OCc3ccccc3)c3ccccc23)c1O. The van der Waals surface area contributed by atoms with Gasteiger partial charge in [0.2, 0.25) is 5.88 Å². The van der Waals surface area contributed by atoms with Gasteiger partial charge in [0, 0.05) is 35.8 Å². The zero-order valence-electron chi connectivity index (χ0n) is 31.3. The predicted octanol–water partition coefficient (Wildman–Crippen LogP) is 8.93. The zero-order chi connectivity index (χ0) is 38.3. The minimum Gasteiger partial charge on any atom is -0.494 e. The second-order valence-electron chi connectivity index (χ2n) is 14.1. The molecule has 1 aliphatic rings. The summed E-state index contributed by atoms with van der Waals surface area (Å²) < 4.78 is 37.8. The summed E-state index contributed by atoms with van der Waals surface area (Å²) in [4.78, 5) is 0. The average Bonchev–Trinajstić information content (AvgIpc) is 3.75. The molecule has 0 saturated carbocycles. The van der Waals surface area contributed by atoms with E-state index in [1.54, 1.807) is 13.1 Å². The molecule has 9 nitrogen and oxygen atoms in total. The van der Waals surface area contributed by atoms with E-state index in [4.69, 9.17) is 23.7 Å². The topological polar surface area (TPSA) is 96.5 Å². The van der Waals surface area contributed by atoms with E-state index in [1.807, 2.05) is 152 Å². The summed E-state index contributed by atoms with van der Waals surface area (Å²) >= 11 is 0. The van der Waals surface area contributed by atoms with Crippen LogP contribution in [0.4, 0.5) is 0 Å². The van der Waals surface area contributed by atoms with Gasteiger partial charge in [0.25, 0.3) is 0 Å². The normalized spacial score (nSPS) is 19.7. The van der Waals surface area contributed by atoms with Crippen LogP contribution < -0.4 is 0 Å². The molecule has 1 unspecified atom stereocenters. The van der Waals surface area contributed by atoms with Gasteiger partial charge in [-0.05, 0) is 28.3 Å². The number of aromatic nitrogens is 2. The Hall–Kier alpha value is -5.68. The van der Waals surface area contributed by atoms with Gasteiger partial charge < -0.3 is 38.5 Å². The molecule has 5 aromatic carbocycles. The van der Waals surface area contributed by atoms with Crippen LogP contribution in [0.15, 0.2) is 158 Å². The number of fused-ring (bicyclic) bond motifs is 1. The fourth-order valence-electron chi connectivity index (χ4n) is 7.40. The Morgan fingerprint density at radius 3 is 1.57 bits per heavy atom. The first-order valence-corrected chi connectivity index (χ1v) is 18.9. The molecular formula is C47H46N2O7. The summed E-state index contributed by atoms with van der Waals surface area (Å²) in [5.74, 6) is -0.0896. The van der Waals surface area contributed by atoms with Gasteiger partial charge in [-0.3, -0.25) is 4.57 Å². The predicted molar refractivity (Wildman–Crippen MR) is 215 cm³/mol. The molecule has 0 radical (unpaired) electrons. The van der Waals surface area contributed by atoms with Gasteiger partial charge in [0.15, 0.2) is 12.1 Å². The van der Waals surface area contributed by atoms with Crippen molar-refractivity contribution in [1.82, 2.24) is 9.13 Å². The number of ether oxygens (including phenoxy) is 5. The van der Waals surface area contributed by atoms with Crippen LogP contribution in [-0.4, -0.2) is 50.4 Å². The maximum absolute atomic E-state index is 11.1. The fourth-order valence-corrected chi connectivity index (χ4v) is 7.40. The van der Waals surface area contributed by atoms with Crippen molar-refractivity contribution in [3.05, 3.63) is 180 Å². The third kappa shape index (κ3) is 8.28. The van der Waals surface area contributed by atoms with Gasteiger partial charge in [-0.2, -0.15) is 0 Å². The Bertz CT molecular complexity index is 2290. The van der Waals surface area contributed by atoms with E-state index in [0.29, 0.717) is 32.0 Å². The van der Waals surface area contributed by atoms with E-state index in [-0.39, 0.29) is 18.4 Å². The lowest BCUT2D eigenvalue weighted by Crippen LogP contribution is -2.59. The van der Waals surface area contributed by atoms with Gasteiger partial charge in [-0.15, -0.1) is 0 Å². The first-order chi connectivity index (χ1) is 27.5. The molecule has 5 atom stereocenters. The quantitative estimate of drug-likeness (QED) is 0.108. The number of para-hydroxylation sites is 1. The van der Waals surface area contributed by atoms with E-state index in [1.165, 1.54) is 4.57 Å². The number of aromatic hydroxyl groups is 2. The molecule has 7 aromatic rings. The Morgan fingerprint density at radius 1 is 0.554 bits per heavy atom. The molecule has 3 heterocycles. The smallest absolute Gasteiger partial charge is 0.201 e. The third-order valence-corrected chi connectivity index (χ3v) is 10.3. The first kappa shape index (κ1) is 37.3. The standard InChI is InChI=1S/C47H46N2O7/c1-48-42(50)26-38(46(48)51)39-27-49(40-25-15-14-24-37(39)40)47-45(55-31-36-22-12-5-13-23-36)44(54-30-35-20-10-4-11-21-35)43(53-29-34-18-8-3-9-19-34)41(56-47)32-52-28-33-16-6-2-7-17-33/h2-27,41,43-45,47,50-51H,28-32H2,1H3/t41-,43-,44+,45-,47?/m1/s1. The van der Waals surface area contributed by atoms with Crippen LogP contribution in [0, 0.1) is 0 Å². The summed E-state index contributed by atoms with van der Waals surface area (Å²) in [6.45, 7) is 1.57. The summed E-state index contributed by atoms with van der Waals surface area (Å²) in [5.41, 5.74) is 6.19. The van der Waals surface area contributed by atoms with Crippen molar-refractivity contribution >= 4 is 10.9 Å². The average molecular weight is 751 g/mol. The molecule has 9 heteroatoms. The van der Waals surface area contributed by atoms with E-state index in [0.717, 1.165) is 38.7 Å². The summed E-state index contributed by atoms with van der Waals surface area (Å²) in [6.07, 6.45) is -1.23. The molecule has 56 heavy (non-hydrogen) atoms. The van der Waals surface area contributed by atoms with Crippen molar-refractivity contribution < 1.29 is 33.9 Å². The number of benzene rings is 5. The number of hydrogen-bond acceptors (Lipinski definition) is 7. The van der Waals surface area contributed by atoms with Crippen molar-refractivity contribution in [3.63, 3.8) is 0 Å². The highest BCUT2D eigenvalue weighted by Gasteiger charge is 2.49. The first-order valence-electron chi connectivity index (χ1n) is 18.9. The van der Waals surface area contributed by atoms with Gasteiger partial charge in [-0.25, -0.2) is 0 Å². The van der Waals surface area contributed by atoms with E-state index in [9.17, 15) is 10.2 Å². The third-order valence-electron chi connectivity index (χ3n) is 10.3. The number of hydrogen-bond donors (Lipinski definition) is 2. The molecule has 0 spiro atoms. The molecule has 1 saturated heterocycles. The Morgan fingerprint density at radius 2 is 1.04 bits per heavy atom. The second kappa shape index (κ2) is 17.4. The molecule has 2 aromatic heterocycles. The minimum atomic E-state index is -0.723. The van der Waals surface area contributed by atoms with Crippen molar-refractivity contribution in [2.24, 2.45) is 7.05 Å². The van der Waals surface area contributed by atoms with Crippen LogP contribution in [0.5, 0.6) is 11.8 Å². The minimum absolute atomic E-state index is 0.0440. The van der Waals surface area contributed by atoms with Gasteiger partial charge in [-0.1, -0.05) is 140 Å². The fraction of sp³-hybridized carbons (Fsp3) is 0.234. The highest BCUT2D eigenvalue weighted by atomic mass is 16.6. The molecule has 0 aliphatic carbocycles. The van der Waals surface area contributed by atoms with Crippen LogP contribution in [0.1, 0.15) is 28.5 Å². The molecule has 0 amide bonds. The summed E-state index contributed by atoms with van der Waals surface area (Å²) in [6, 6.07) is 49.8. The van der Waals surface area contributed by atoms with Crippen molar-refractivity contribution in [2.45, 2.75) is 57.1 Å². The maximum atomic E-state index is 11.1. The second-order valence-corrected chi connectivity index (χ2v) is 14.1. The van der Waals surface area contributed by atoms with Crippen LogP contribution >= 0.6 is 0 Å². The van der Waals surface area contributed by atoms with Crippen LogP contribution in [0.3, 0.4) is 0 Å².